The van der Waals surface area contributed by atoms with Crippen molar-refractivity contribution < 1.29 is 14.4 Å². The van der Waals surface area contributed by atoms with E-state index in [1.54, 1.807) is 33.6 Å². The zero-order valence-electron chi connectivity index (χ0n) is 14.5. The molecule has 4 amide bonds. The lowest BCUT2D eigenvalue weighted by Crippen LogP contribution is -2.58. The first-order chi connectivity index (χ1) is 12.0. The third kappa shape index (κ3) is 2.45. The fraction of sp³-hybridized carbons (Fsp3) is 0.500. The Bertz CT molecular complexity index is 750. The molecule has 1 aromatic carbocycles. The number of urea groups is 1. The molecule has 0 spiro atoms. The number of nitrogens with zero attached hydrogens (tertiary/aromatic N) is 4. The van der Waals surface area contributed by atoms with Gasteiger partial charge in [-0.3, -0.25) is 9.59 Å². The molecule has 1 aromatic rings. The Balaban J connectivity index is 1.48. The molecule has 0 aromatic heterocycles. The summed E-state index contributed by atoms with van der Waals surface area (Å²) < 4.78 is 0. The molecule has 4 rings (SSSR count). The van der Waals surface area contributed by atoms with E-state index in [0.717, 1.165) is 12.1 Å². The van der Waals surface area contributed by atoms with Gasteiger partial charge in [0.1, 0.15) is 12.6 Å². The lowest BCUT2D eigenvalue weighted by Gasteiger charge is -2.38. The number of rotatable bonds is 2. The SMILES string of the molecule is C[C@H]1C(=O)N(C)C[C@@H]2CN(CC(=O)N3CCc4ccccc43)C(=O)N21. The molecule has 2 atom stereocenters. The van der Waals surface area contributed by atoms with Crippen molar-refractivity contribution in [2.45, 2.75) is 25.4 Å². The van der Waals surface area contributed by atoms with Gasteiger partial charge in [0.05, 0.1) is 6.04 Å². The van der Waals surface area contributed by atoms with Crippen molar-refractivity contribution in [2.75, 3.05) is 38.1 Å². The highest BCUT2D eigenvalue weighted by Gasteiger charge is 2.47. The molecule has 3 aliphatic heterocycles. The molecule has 0 saturated carbocycles. The van der Waals surface area contributed by atoms with Crippen LogP contribution in [-0.2, 0) is 16.0 Å². The topological polar surface area (TPSA) is 64.2 Å². The second-order valence-corrected chi connectivity index (χ2v) is 7.04. The summed E-state index contributed by atoms with van der Waals surface area (Å²) in [7, 11) is 1.76. The Labute approximate surface area is 146 Å². The highest BCUT2D eigenvalue weighted by Crippen LogP contribution is 2.29. The van der Waals surface area contributed by atoms with Crippen LogP contribution in [0.5, 0.6) is 0 Å². The molecule has 2 saturated heterocycles. The van der Waals surface area contributed by atoms with Crippen molar-refractivity contribution in [2.24, 2.45) is 0 Å². The number of likely N-dealkylation sites (N-methyl/N-ethyl adjacent to an activating group) is 1. The highest BCUT2D eigenvalue weighted by molar-refractivity contribution is 5.99. The van der Waals surface area contributed by atoms with Crippen LogP contribution in [0.3, 0.4) is 0 Å². The minimum atomic E-state index is -0.469. The number of para-hydroxylation sites is 1. The Hall–Kier alpha value is -2.57. The minimum Gasteiger partial charge on any atom is -0.342 e. The van der Waals surface area contributed by atoms with Crippen molar-refractivity contribution in [3.63, 3.8) is 0 Å². The maximum absolute atomic E-state index is 12.8. The Morgan fingerprint density at radius 2 is 1.96 bits per heavy atom. The molecule has 0 aliphatic carbocycles. The summed E-state index contributed by atoms with van der Waals surface area (Å²) in [6.45, 7) is 3.48. The van der Waals surface area contributed by atoms with E-state index in [-0.39, 0.29) is 30.4 Å². The quantitative estimate of drug-likeness (QED) is 0.788. The van der Waals surface area contributed by atoms with Gasteiger partial charge in [0.15, 0.2) is 0 Å². The maximum atomic E-state index is 12.8. The van der Waals surface area contributed by atoms with E-state index < -0.39 is 6.04 Å². The van der Waals surface area contributed by atoms with E-state index in [9.17, 15) is 14.4 Å². The van der Waals surface area contributed by atoms with Crippen molar-refractivity contribution in [3.05, 3.63) is 29.8 Å². The van der Waals surface area contributed by atoms with Gasteiger partial charge in [0.25, 0.3) is 0 Å². The molecule has 7 heteroatoms. The van der Waals surface area contributed by atoms with Crippen LogP contribution in [0.1, 0.15) is 12.5 Å². The van der Waals surface area contributed by atoms with Crippen LogP contribution in [0, 0.1) is 0 Å². The number of amides is 4. The van der Waals surface area contributed by atoms with Gasteiger partial charge in [0.2, 0.25) is 11.8 Å². The number of hydrogen-bond donors (Lipinski definition) is 0. The van der Waals surface area contributed by atoms with Gasteiger partial charge in [-0.2, -0.15) is 0 Å². The number of hydrogen-bond acceptors (Lipinski definition) is 3. The molecular formula is C18H22N4O3. The maximum Gasteiger partial charge on any atom is 0.321 e. The van der Waals surface area contributed by atoms with Gasteiger partial charge in [-0.05, 0) is 25.0 Å². The van der Waals surface area contributed by atoms with Gasteiger partial charge < -0.3 is 19.6 Å². The first-order valence-electron chi connectivity index (χ1n) is 8.68. The van der Waals surface area contributed by atoms with Gasteiger partial charge in [-0.15, -0.1) is 0 Å². The van der Waals surface area contributed by atoms with Crippen molar-refractivity contribution in [1.82, 2.24) is 14.7 Å². The van der Waals surface area contributed by atoms with Crippen molar-refractivity contribution >= 4 is 23.5 Å². The average molecular weight is 342 g/mol. The molecule has 0 radical (unpaired) electrons. The lowest BCUT2D eigenvalue weighted by atomic mass is 10.1. The zero-order valence-corrected chi connectivity index (χ0v) is 14.5. The third-order valence-corrected chi connectivity index (χ3v) is 5.47. The second kappa shape index (κ2) is 5.75. The number of anilines is 1. The van der Waals surface area contributed by atoms with E-state index in [0.29, 0.717) is 19.6 Å². The second-order valence-electron chi connectivity index (χ2n) is 7.04. The largest absolute Gasteiger partial charge is 0.342 e. The van der Waals surface area contributed by atoms with Gasteiger partial charge in [-0.1, -0.05) is 18.2 Å². The van der Waals surface area contributed by atoms with E-state index >= 15 is 0 Å². The number of benzene rings is 1. The van der Waals surface area contributed by atoms with Gasteiger partial charge in [-0.25, -0.2) is 4.79 Å². The summed E-state index contributed by atoms with van der Waals surface area (Å²) in [5.41, 5.74) is 2.11. The molecule has 0 bridgehead atoms. The first-order valence-corrected chi connectivity index (χ1v) is 8.68. The van der Waals surface area contributed by atoms with Crippen LogP contribution in [0.25, 0.3) is 0 Å². The average Bonchev–Trinajstić information content (AvgIpc) is 3.15. The summed E-state index contributed by atoms with van der Waals surface area (Å²) in [6.07, 6.45) is 0.848. The van der Waals surface area contributed by atoms with Gasteiger partial charge >= 0.3 is 6.03 Å². The van der Waals surface area contributed by atoms with Gasteiger partial charge in [0, 0.05) is 32.4 Å². The van der Waals surface area contributed by atoms with Crippen molar-refractivity contribution in [3.8, 4) is 0 Å². The minimum absolute atomic E-state index is 0.0381. The summed E-state index contributed by atoms with van der Waals surface area (Å²) >= 11 is 0. The summed E-state index contributed by atoms with van der Waals surface area (Å²) in [5.74, 6) is -0.114. The smallest absolute Gasteiger partial charge is 0.321 e. The Morgan fingerprint density at radius 1 is 1.20 bits per heavy atom. The van der Waals surface area contributed by atoms with Crippen LogP contribution < -0.4 is 4.90 Å². The molecular weight excluding hydrogens is 320 g/mol. The molecule has 3 aliphatic rings. The van der Waals surface area contributed by atoms with Crippen LogP contribution >= 0.6 is 0 Å². The fourth-order valence-electron chi connectivity index (χ4n) is 4.19. The Kier molecular flexibility index (Phi) is 3.67. The molecule has 132 valence electrons. The summed E-state index contributed by atoms with van der Waals surface area (Å²) in [5, 5.41) is 0. The Morgan fingerprint density at radius 3 is 2.76 bits per heavy atom. The number of carbonyl (C=O) groups excluding carboxylic acids is 3. The number of fused-ring (bicyclic) bond motifs is 2. The number of piperazine rings is 1. The molecule has 7 nitrogen and oxygen atoms in total. The van der Waals surface area contributed by atoms with Crippen LogP contribution in [0.15, 0.2) is 24.3 Å². The lowest BCUT2D eigenvalue weighted by molar-refractivity contribution is -0.139. The molecule has 0 N–H and O–H groups in total. The van der Waals surface area contributed by atoms with Crippen LogP contribution in [0.4, 0.5) is 10.5 Å². The summed E-state index contributed by atoms with van der Waals surface area (Å²) in [4.78, 5) is 44.2. The highest BCUT2D eigenvalue weighted by atomic mass is 16.2. The summed E-state index contributed by atoms with van der Waals surface area (Å²) in [6, 6.07) is 7.17. The predicted octanol–water partition coefficient (Wildman–Crippen LogP) is 0.542. The molecule has 25 heavy (non-hydrogen) atoms. The zero-order chi connectivity index (χ0) is 17.7. The first kappa shape index (κ1) is 15.9. The van der Waals surface area contributed by atoms with Crippen LogP contribution in [0.2, 0.25) is 0 Å². The molecule has 2 fully saturated rings. The fourth-order valence-corrected chi connectivity index (χ4v) is 4.19. The van der Waals surface area contributed by atoms with E-state index in [4.69, 9.17) is 0 Å². The molecule has 0 unspecified atom stereocenters. The standard InChI is InChI=1S/C18H22N4O3/c1-12-17(24)19(2)9-14-10-20(18(25)22(12)14)11-16(23)21-8-7-13-5-3-4-6-15(13)21/h3-6,12,14H,7-11H2,1-2H3/t12-,14+/m0/s1. The van der Waals surface area contributed by atoms with E-state index in [1.165, 1.54) is 5.56 Å². The third-order valence-electron chi connectivity index (χ3n) is 5.47. The predicted molar refractivity (Wildman–Crippen MR) is 92.2 cm³/mol. The van der Waals surface area contributed by atoms with Crippen molar-refractivity contribution in [1.29, 1.82) is 0 Å². The van der Waals surface area contributed by atoms with Crippen LogP contribution in [-0.4, -0.2) is 77.9 Å². The monoisotopic (exact) mass is 342 g/mol. The van der Waals surface area contributed by atoms with E-state index in [2.05, 4.69) is 0 Å². The molecule has 3 heterocycles. The van der Waals surface area contributed by atoms with E-state index in [1.807, 2.05) is 24.3 Å². The normalized spacial score (nSPS) is 25.5. The number of carbonyl (C=O) groups is 3.